The number of nitrogens with zero attached hydrogens (tertiary/aromatic N) is 2. The Morgan fingerprint density at radius 2 is 2.04 bits per heavy atom. The average molecular weight is 327 g/mol. The van der Waals surface area contributed by atoms with Gasteiger partial charge in [0.1, 0.15) is 0 Å². The summed E-state index contributed by atoms with van der Waals surface area (Å²) in [7, 11) is 0. The molecule has 1 aromatic carbocycles. The number of carbonyl (C=O) groups excluding carboxylic acids is 1. The summed E-state index contributed by atoms with van der Waals surface area (Å²) in [5, 5.41) is 14.8. The fourth-order valence-electron chi connectivity index (χ4n) is 2.07. The summed E-state index contributed by atoms with van der Waals surface area (Å²) in [5.74, 6) is 0.957. The first kappa shape index (κ1) is 15.4. The molecule has 0 saturated carbocycles. The van der Waals surface area contributed by atoms with Crippen molar-refractivity contribution in [1.82, 2.24) is 15.5 Å². The molecule has 2 aromatic heterocycles. The van der Waals surface area contributed by atoms with Crippen molar-refractivity contribution >= 4 is 17.2 Å². The smallest absolute Gasteiger partial charge is 0.248 e. The van der Waals surface area contributed by atoms with Gasteiger partial charge in [0, 0.05) is 30.3 Å². The van der Waals surface area contributed by atoms with Gasteiger partial charge in [-0.25, -0.2) is 0 Å². The number of aryl methyl sites for hydroxylation is 2. The molecule has 0 aliphatic rings. The van der Waals surface area contributed by atoms with Gasteiger partial charge >= 0.3 is 0 Å². The summed E-state index contributed by atoms with van der Waals surface area (Å²) in [6.45, 7) is 2.57. The normalized spacial score (nSPS) is 10.7. The highest BCUT2D eigenvalue weighted by Gasteiger charge is 2.10. The number of benzene rings is 1. The molecule has 3 rings (SSSR count). The Morgan fingerprint density at radius 3 is 2.78 bits per heavy atom. The van der Waals surface area contributed by atoms with Crippen molar-refractivity contribution in [2.75, 3.05) is 0 Å². The van der Waals surface area contributed by atoms with Crippen LogP contribution in [0.2, 0.25) is 0 Å². The van der Waals surface area contributed by atoms with Gasteiger partial charge in [-0.05, 0) is 23.9 Å². The maximum Gasteiger partial charge on any atom is 0.248 e. The summed E-state index contributed by atoms with van der Waals surface area (Å²) in [5.41, 5.74) is 3.21. The van der Waals surface area contributed by atoms with Gasteiger partial charge in [-0.1, -0.05) is 29.8 Å². The second-order valence-electron chi connectivity index (χ2n) is 5.28. The summed E-state index contributed by atoms with van der Waals surface area (Å²) in [4.78, 5) is 11.9. The minimum atomic E-state index is -0.0270. The second kappa shape index (κ2) is 7.19. The van der Waals surface area contributed by atoms with Crippen molar-refractivity contribution in [2.24, 2.45) is 0 Å². The lowest BCUT2D eigenvalue weighted by Gasteiger charge is -2.04. The van der Waals surface area contributed by atoms with Gasteiger partial charge < -0.3 is 9.73 Å². The van der Waals surface area contributed by atoms with Crippen LogP contribution in [0, 0.1) is 6.92 Å². The first-order valence-corrected chi connectivity index (χ1v) is 8.32. The summed E-state index contributed by atoms with van der Waals surface area (Å²) in [6.07, 6.45) is 0.772. The van der Waals surface area contributed by atoms with E-state index in [1.54, 1.807) is 11.3 Å². The number of nitrogens with one attached hydrogen (secondary N) is 1. The molecule has 0 saturated heterocycles. The lowest BCUT2D eigenvalue weighted by molar-refractivity contribution is -0.121. The standard InChI is InChI=1S/C17H17N3O2S/c1-12-2-4-13(5-3-12)10-18-15(21)6-7-16-19-20-17(22-16)14-8-9-23-11-14/h2-5,8-9,11H,6-7,10H2,1H3,(H,18,21). The van der Waals surface area contributed by atoms with Gasteiger partial charge in [0.15, 0.2) is 0 Å². The molecule has 0 radical (unpaired) electrons. The van der Waals surface area contributed by atoms with Crippen molar-refractivity contribution in [1.29, 1.82) is 0 Å². The number of thiophene rings is 1. The van der Waals surface area contributed by atoms with E-state index < -0.39 is 0 Å². The molecule has 6 heteroatoms. The Bertz CT molecular complexity index is 764. The van der Waals surface area contributed by atoms with Crippen molar-refractivity contribution in [2.45, 2.75) is 26.3 Å². The Labute approximate surface area is 138 Å². The molecule has 0 bridgehead atoms. The fourth-order valence-corrected chi connectivity index (χ4v) is 2.70. The molecule has 3 aromatic rings. The Morgan fingerprint density at radius 1 is 1.22 bits per heavy atom. The van der Waals surface area contributed by atoms with E-state index in [-0.39, 0.29) is 5.91 Å². The Hall–Kier alpha value is -2.47. The van der Waals surface area contributed by atoms with Gasteiger partial charge in [0.05, 0.1) is 0 Å². The summed E-state index contributed by atoms with van der Waals surface area (Å²) in [6, 6.07) is 10.0. The van der Waals surface area contributed by atoms with Crippen LogP contribution in [-0.2, 0) is 17.8 Å². The van der Waals surface area contributed by atoms with Gasteiger partial charge in [-0.15, -0.1) is 10.2 Å². The Kier molecular flexibility index (Phi) is 4.83. The molecule has 1 amide bonds. The maximum atomic E-state index is 11.9. The molecule has 5 nitrogen and oxygen atoms in total. The first-order chi connectivity index (χ1) is 11.2. The number of carbonyl (C=O) groups is 1. The molecule has 0 spiro atoms. The molecule has 2 heterocycles. The fraction of sp³-hybridized carbons (Fsp3) is 0.235. The maximum absolute atomic E-state index is 11.9. The van der Waals surface area contributed by atoms with Gasteiger partial charge in [0.25, 0.3) is 0 Å². The number of hydrogen-bond donors (Lipinski definition) is 1. The van der Waals surface area contributed by atoms with Crippen LogP contribution in [0.25, 0.3) is 11.5 Å². The molecule has 0 atom stereocenters. The molecular weight excluding hydrogens is 310 g/mol. The Balaban J connectivity index is 1.46. The largest absolute Gasteiger partial charge is 0.421 e. The first-order valence-electron chi connectivity index (χ1n) is 7.38. The third-order valence-corrected chi connectivity index (χ3v) is 4.09. The van der Waals surface area contributed by atoms with E-state index in [2.05, 4.69) is 15.5 Å². The van der Waals surface area contributed by atoms with E-state index in [1.807, 2.05) is 48.0 Å². The number of rotatable bonds is 6. The van der Waals surface area contributed by atoms with Crippen LogP contribution in [0.15, 0.2) is 45.5 Å². The molecule has 0 unspecified atom stereocenters. The summed E-state index contributed by atoms with van der Waals surface area (Å²) < 4.78 is 5.56. The molecule has 118 valence electrons. The minimum Gasteiger partial charge on any atom is -0.421 e. The van der Waals surface area contributed by atoms with E-state index in [0.717, 1.165) is 11.1 Å². The highest BCUT2D eigenvalue weighted by Crippen LogP contribution is 2.20. The lowest BCUT2D eigenvalue weighted by atomic mass is 10.1. The van der Waals surface area contributed by atoms with Crippen LogP contribution < -0.4 is 5.32 Å². The highest BCUT2D eigenvalue weighted by molar-refractivity contribution is 7.08. The topological polar surface area (TPSA) is 68.0 Å². The van der Waals surface area contributed by atoms with Crippen LogP contribution in [-0.4, -0.2) is 16.1 Å². The van der Waals surface area contributed by atoms with Crippen molar-refractivity contribution in [3.05, 3.63) is 58.1 Å². The van der Waals surface area contributed by atoms with Crippen LogP contribution in [0.1, 0.15) is 23.4 Å². The van der Waals surface area contributed by atoms with Crippen LogP contribution in [0.3, 0.4) is 0 Å². The third kappa shape index (κ3) is 4.26. The number of aromatic nitrogens is 2. The molecule has 23 heavy (non-hydrogen) atoms. The van der Waals surface area contributed by atoms with E-state index in [9.17, 15) is 4.79 Å². The zero-order valence-electron chi connectivity index (χ0n) is 12.8. The molecular formula is C17H17N3O2S. The quantitative estimate of drug-likeness (QED) is 0.754. The monoisotopic (exact) mass is 327 g/mol. The minimum absolute atomic E-state index is 0.0270. The highest BCUT2D eigenvalue weighted by atomic mass is 32.1. The van der Waals surface area contributed by atoms with E-state index in [4.69, 9.17) is 4.42 Å². The van der Waals surface area contributed by atoms with E-state index in [1.165, 1.54) is 5.56 Å². The lowest BCUT2D eigenvalue weighted by Crippen LogP contribution is -2.23. The van der Waals surface area contributed by atoms with E-state index >= 15 is 0 Å². The van der Waals surface area contributed by atoms with Crippen LogP contribution in [0.5, 0.6) is 0 Å². The molecule has 0 fully saturated rings. The van der Waals surface area contributed by atoms with Crippen molar-refractivity contribution < 1.29 is 9.21 Å². The van der Waals surface area contributed by atoms with Crippen molar-refractivity contribution in [3.63, 3.8) is 0 Å². The third-order valence-electron chi connectivity index (χ3n) is 3.41. The average Bonchev–Trinajstić information content (AvgIpc) is 3.23. The van der Waals surface area contributed by atoms with Crippen LogP contribution in [0.4, 0.5) is 0 Å². The zero-order valence-corrected chi connectivity index (χ0v) is 13.6. The van der Waals surface area contributed by atoms with Gasteiger partial charge in [-0.2, -0.15) is 11.3 Å². The predicted molar refractivity (Wildman–Crippen MR) is 89.0 cm³/mol. The number of hydrogen-bond acceptors (Lipinski definition) is 5. The zero-order chi connectivity index (χ0) is 16.1. The van der Waals surface area contributed by atoms with E-state index in [0.29, 0.717) is 31.2 Å². The number of amides is 1. The predicted octanol–water partition coefficient (Wildman–Crippen LogP) is 3.36. The molecule has 1 N–H and O–H groups in total. The molecule has 0 aliphatic heterocycles. The van der Waals surface area contributed by atoms with Gasteiger partial charge in [0.2, 0.25) is 17.7 Å². The van der Waals surface area contributed by atoms with Crippen LogP contribution >= 0.6 is 11.3 Å². The molecule has 0 aliphatic carbocycles. The van der Waals surface area contributed by atoms with Crippen molar-refractivity contribution in [3.8, 4) is 11.5 Å². The van der Waals surface area contributed by atoms with Gasteiger partial charge in [-0.3, -0.25) is 4.79 Å². The second-order valence-corrected chi connectivity index (χ2v) is 6.06. The SMILES string of the molecule is Cc1ccc(CNC(=O)CCc2nnc(-c3ccsc3)o2)cc1. The summed E-state index contributed by atoms with van der Waals surface area (Å²) >= 11 is 1.58.